The summed E-state index contributed by atoms with van der Waals surface area (Å²) >= 11 is 0. The number of anilines is 1. The molecule has 0 bridgehead atoms. The lowest BCUT2D eigenvalue weighted by atomic mass is 10.1. The zero-order valence-corrected chi connectivity index (χ0v) is 17.1. The first-order valence-electron chi connectivity index (χ1n) is 10.6. The van der Waals surface area contributed by atoms with Crippen LogP contribution in [-0.2, 0) is 16.1 Å². The van der Waals surface area contributed by atoms with E-state index in [1.165, 1.54) is 20.3 Å². The molecule has 156 valence electrons. The van der Waals surface area contributed by atoms with Gasteiger partial charge >= 0.3 is 0 Å². The fourth-order valence-electron chi connectivity index (χ4n) is 4.78. The van der Waals surface area contributed by atoms with Gasteiger partial charge in [-0.3, -0.25) is 9.59 Å². The van der Waals surface area contributed by atoms with E-state index in [1.54, 1.807) is 0 Å². The summed E-state index contributed by atoms with van der Waals surface area (Å²) in [5, 5.41) is 0. The van der Waals surface area contributed by atoms with Gasteiger partial charge in [-0.2, -0.15) is 0 Å². The maximum Gasteiger partial charge on any atom is 0.292 e. The number of carbonyl (C=O) groups excluding carboxylic acids is 2. The van der Waals surface area contributed by atoms with Crippen LogP contribution in [0.15, 0.2) is 42.5 Å². The van der Waals surface area contributed by atoms with Crippen LogP contribution in [0.1, 0.15) is 17.5 Å². The summed E-state index contributed by atoms with van der Waals surface area (Å²) in [6.45, 7) is 6.94. The van der Waals surface area contributed by atoms with Gasteiger partial charge in [-0.25, -0.2) is 4.90 Å². The van der Waals surface area contributed by atoms with E-state index in [2.05, 4.69) is 12.1 Å². The topological polar surface area (TPSA) is 64.7 Å². The maximum atomic E-state index is 13.1. The molecule has 0 spiro atoms. The Morgan fingerprint density at radius 2 is 1.80 bits per heavy atom. The molecule has 3 aliphatic heterocycles. The molecule has 30 heavy (non-hydrogen) atoms. The van der Waals surface area contributed by atoms with E-state index < -0.39 is 0 Å². The fourth-order valence-corrected chi connectivity index (χ4v) is 4.78. The van der Waals surface area contributed by atoms with Crippen molar-refractivity contribution in [1.82, 2.24) is 0 Å². The van der Waals surface area contributed by atoms with Crippen LogP contribution < -0.4 is 24.2 Å². The lowest BCUT2D eigenvalue weighted by molar-refractivity contribution is -1.02. The summed E-state index contributed by atoms with van der Waals surface area (Å²) in [5.41, 5.74) is 2.97. The fraction of sp³-hybridized carbons (Fsp3) is 0.391. The first-order valence-corrected chi connectivity index (χ1v) is 10.6. The Morgan fingerprint density at radius 1 is 1.00 bits per heavy atom. The van der Waals surface area contributed by atoms with Crippen molar-refractivity contribution < 1.29 is 28.9 Å². The first-order chi connectivity index (χ1) is 14.6. The second-order valence-electron chi connectivity index (χ2n) is 8.44. The van der Waals surface area contributed by atoms with Gasteiger partial charge in [0.25, 0.3) is 5.91 Å². The molecular formula is C23H27N3O4+2. The second kappa shape index (κ2) is 7.74. The van der Waals surface area contributed by atoms with E-state index in [4.69, 9.17) is 9.47 Å². The van der Waals surface area contributed by atoms with Crippen LogP contribution >= 0.6 is 0 Å². The highest BCUT2D eigenvalue weighted by Gasteiger charge is 2.46. The molecule has 0 unspecified atom stereocenters. The number of rotatable bonds is 4. The van der Waals surface area contributed by atoms with Crippen molar-refractivity contribution in [1.29, 1.82) is 0 Å². The number of piperazine rings is 1. The first kappa shape index (κ1) is 19.1. The highest BCUT2D eigenvalue weighted by Crippen LogP contribution is 2.32. The Labute approximate surface area is 175 Å². The molecule has 3 aliphatic rings. The van der Waals surface area contributed by atoms with Crippen LogP contribution in [0.2, 0.25) is 0 Å². The summed E-state index contributed by atoms with van der Waals surface area (Å²) in [6, 6.07) is 13.5. The van der Waals surface area contributed by atoms with Crippen molar-refractivity contribution in [3.63, 3.8) is 0 Å². The Kier molecular flexibility index (Phi) is 4.92. The van der Waals surface area contributed by atoms with Crippen molar-refractivity contribution in [3.8, 4) is 11.5 Å². The molecule has 2 N–H and O–H groups in total. The van der Waals surface area contributed by atoms with Crippen molar-refractivity contribution in [2.24, 2.45) is 0 Å². The van der Waals surface area contributed by atoms with E-state index in [9.17, 15) is 9.59 Å². The van der Waals surface area contributed by atoms with Crippen LogP contribution in [0, 0.1) is 6.92 Å². The molecule has 0 aliphatic carbocycles. The third-order valence-electron chi connectivity index (χ3n) is 6.39. The molecule has 2 fully saturated rings. The van der Waals surface area contributed by atoms with Crippen LogP contribution in [0.25, 0.3) is 0 Å². The summed E-state index contributed by atoms with van der Waals surface area (Å²) < 4.78 is 10.9. The number of benzene rings is 2. The minimum Gasteiger partial charge on any atom is -0.454 e. The molecule has 7 nitrogen and oxygen atoms in total. The third kappa shape index (κ3) is 3.55. The molecule has 0 radical (unpaired) electrons. The van der Waals surface area contributed by atoms with E-state index in [0.717, 1.165) is 49.8 Å². The molecule has 2 aromatic rings. The SMILES string of the molecule is Cc1cccc(N2C(=O)C[C@H]([NH+]3CC[NH+](Cc4ccc5c(c4)OCO5)CC3)C2=O)c1. The monoisotopic (exact) mass is 409 g/mol. The third-order valence-corrected chi connectivity index (χ3v) is 6.39. The smallest absolute Gasteiger partial charge is 0.292 e. The number of amides is 2. The van der Waals surface area contributed by atoms with E-state index >= 15 is 0 Å². The highest BCUT2D eigenvalue weighted by molar-refractivity contribution is 6.21. The number of hydrogen-bond acceptors (Lipinski definition) is 4. The van der Waals surface area contributed by atoms with Crippen LogP contribution in [0.5, 0.6) is 11.5 Å². The Bertz CT molecular complexity index is 984. The van der Waals surface area contributed by atoms with Gasteiger partial charge in [0.05, 0.1) is 12.1 Å². The predicted octanol–water partition coefficient (Wildman–Crippen LogP) is -0.661. The van der Waals surface area contributed by atoms with Gasteiger partial charge in [0, 0.05) is 5.56 Å². The number of imide groups is 1. The van der Waals surface area contributed by atoms with Gasteiger partial charge in [0.15, 0.2) is 17.5 Å². The minimum atomic E-state index is -0.259. The number of aryl methyl sites for hydroxylation is 1. The summed E-state index contributed by atoms with van der Waals surface area (Å²) in [5.74, 6) is 1.49. The standard InChI is InChI=1S/C23H25N3O4/c1-16-3-2-4-18(11-16)26-22(27)13-19(23(26)28)25-9-7-24(8-10-25)14-17-5-6-20-21(12-17)30-15-29-20/h2-6,11-12,19H,7-10,13-15H2,1H3/p+2/t19-/m0/s1. The van der Waals surface area contributed by atoms with Crippen LogP contribution in [0.3, 0.4) is 0 Å². The molecule has 5 rings (SSSR count). The van der Waals surface area contributed by atoms with Gasteiger partial charge in [-0.05, 0) is 42.8 Å². The molecule has 3 heterocycles. The Balaban J connectivity index is 1.20. The zero-order chi connectivity index (χ0) is 20.7. The lowest BCUT2D eigenvalue weighted by Crippen LogP contribution is -3.29. The normalized spacial score (nSPS) is 25.8. The average Bonchev–Trinajstić information content (AvgIpc) is 3.32. The highest BCUT2D eigenvalue weighted by atomic mass is 16.7. The number of ether oxygens (including phenoxy) is 2. The largest absolute Gasteiger partial charge is 0.454 e. The zero-order valence-electron chi connectivity index (χ0n) is 17.1. The lowest BCUT2D eigenvalue weighted by Gasteiger charge is -2.32. The van der Waals surface area contributed by atoms with Crippen molar-refractivity contribution in [3.05, 3.63) is 53.6 Å². The summed E-state index contributed by atoms with van der Waals surface area (Å²) in [6.07, 6.45) is 0.305. The summed E-state index contributed by atoms with van der Waals surface area (Å²) in [7, 11) is 0. The molecule has 2 saturated heterocycles. The predicted molar refractivity (Wildman–Crippen MR) is 110 cm³/mol. The quantitative estimate of drug-likeness (QED) is 0.659. The van der Waals surface area contributed by atoms with Gasteiger partial charge in [-0.15, -0.1) is 0 Å². The van der Waals surface area contributed by atoms with Crippen molar-refractivity contribution >= 4 is 17.5 Å². The molecular weight excluding hydrogens is 382 g/mol. The van der Waals surface area contributed by atoms with Crippen LogP contribution in [-0.4, -0.2) is 50.8 Å². The minimum absolute atomic E-state index is 0.0557. The number of hydrogen-bond donors (Lipinski definition) is 2. The summed E-state index contributed by atoms with van der Waals surface area (Å²) in [4.78, 5) is 29.8. The number of carbonyl (C=O) groups is 2. The Hall–Kier alpha value is -2.90. The molecule has 0 aromatic heterocycles. The van der Waals surface area contributed by atoms with Crippen molar-refractivity contribution in [2.75, 3.05) is 37.9 Å². The molecule has 1 atom stereocenters. The van der Waals surface area contributed by atoms with E-state index in [1.807, 2.05) is 37.3 Å². The van der Waals surface area contributed by atoms with Crippen molar-refractivity contribution in [2.45, 2.75) is 25.9 Å². The number of quaternary nitrogens is 2. The molecule has 2 amide bonds. The number of nitrogens with zero attached hydrogens (tertiary/aromatic N) is 1. The molecule has 2 aromatic carbocycles. The van der Waals surface area contributed by atoms with E-state index in [0.29, 0.717) is 18.9 Å². The van der Waals surface area contributed by atoms with Crippen LogP contribution in [0.4, 0.5) is 5.69 Å². The van der Waals surface area contributed by atoms with Gasteiger partial charge in [0.2, 0.25) is 12.7 Å². The van der Waals surface area contributed by atoms with Gasteiger partial charge in [-0.1, -0.05) is 12.1 Å². The second-order valence-corrected chi connectivity index (χ2v) is 8.44. The van der Waals surface area contributed by atoms with E-state index in [-0.39, 0.29) is 17.9 Å². The number of fused-ring (bicyclic) bond motifs is 1. The maximum absolute atomic E-state index is 13.1. The number of nitrogens with one attached hydrogen (secondary N) is 2. The molecule has 7 heteroatoms. The van der Waals surface area contributed by atoms with Gasteiger partial charge in [0.1, 0.15) is 32.7 Å². The molecule has 0 saturated carbocycles. The van der Waals surface area contributed by atoms with Gasteiger partial charge < -0.3 is 19.3 Å². The average molecular weight is 409 g/mol. The Morgan fingerprint density at radius 3 is 2.60 bits per heavy atom.